The van der Waals surface area contributed by atoms with Crippen LogP contribution < -0.4 is 0 Å². The predicted octanol–water partition coefficient (Wildman–Crippen LogP) is 1.51. The van der Waals surface area contributed by atoms with Gasteiger partial charge in [0.2, 0.25) is 0 Å². The zero-order chi connectivity index (χ0) is 6.85. The lowest BCUT2D eigenvalue weighted by molar-refractivity contribution is 0.313. The van der Waals surface area contributed by atoms with Crippen LogP contribution in [0.1, 0.15) is 13.8 Å². The van der Waals surface area contributed by atoms with Gasteiger partial charge in [0.1, 0.15) is 0 Å². The summed E-state index contributed by atoms with van der Waals surface area (Å²) < 4.78 is 0. The number of nitrogens with zero attached hydrogens (tertiary/aromatic N) is 1. The molecule has 0 unspecified atom stereocenters. The van der Waals surface area contributed by atoms with Crippen molar-refractivity contribution in [3.63, 3.8) is 0 Å². The van der Waals surface area contributed by atoms with E-state index in [-0.39, 0.29) is 0 Å². The van der Waals surface area contributed by atoms with Gasteiger partial charge in [0.05, 0.1) is 0 Å². The van der Waals surface area contributed by atoms with Gasteiger partial charge in [0, 0.05) is 13.1 Å². The zero-order valence-electron chi connectivity index (χ0n) is 6.52. The third-order valence-corrected chi connectivity index (χ3v) is 2.09. The molecule has 1 atom stereocenters. The summed E-state index contributed by atoms with van der Waals surface area (Å²) in [5.74, 6) is 0.767. The van der Waals surface area contributed by atoms with Crippen molar-refractivity contribution in [2.75, 3.05) is 20.1 Å². The van der Waals surface area contributed by atoms with Crippen molar-refractivity contribution in [2.24, 2.45) is 5.92 Å². The van der Waals surface area contributed by atoms with Gasteiger partial charge in [-0.2, -0.15) is 0 Å². The maximum atomic E-state index is 2.34. The molecule has 0 fully saturated rings. The van der Waals surface area contributed by atoms with Gasteiger partial charge in [-0.15, -0.1) is 0 Å². The van der Waals surface area contributed by atoms with Crippen LogP contribution in [-0.2, 0) is 0 Å². The lowest BCUT2D eigenvalue weighted by Crippen LogP contribution is -2.29. The lowest BCUT2D eigenvalue weighted by atomic mass is 9.99. The number of likely N-dealkylation sites (N-methyl/N-ethyl adjacent to an activating group) is 1. The Kier molecular flexibility index (Phi) is 1.91. The van der Waals surface area contributed by atoms with Crippen LogP contribution in [0, 0.1) is 5.92 Å². The molecular weight excluding hydrogens is 110 g/mol. The lowest BCUT2D eigenvalue weighted by Gasteiger charge is -2.25. The Morgan fingerprint density at radius 1 is 1.67 bits per heavy atom. The molecule has 0 amide bonds. The van der Waals surface area contributed by atoms with E-state index < -0.39 is 0 Å². The van der Waals surface area contributed by atoms with E-state index in [1.165, 1.54) is 6.54 Å². The Morgan fingerprint density at radius 3 is 2.78 bits per heavy atom. The standard InChI is InChI=1S/C8H15N/c1-7-4-5-9(3)6-8(7)2/h4,8H,5-6H2,1-3H3/t8-/m0/s1. The SMILES string of the molecule is CC1=CCN(C)C[C@@H]1C. The summed E-state index contributed by atoms with van der Waals surface area (Å²) in [5.41, 5.74) is 1.55. The smallest absolute Gasteiger partial charge is 0.0163 e. The average Bonchev–Trinajstić information content (AvgIpc) is 1.80. The second kappa shape index (κ2) is 2.53. The Morgan fingerprint density at radius 2 is 2.33 bits per heavy atom. The first-order chi connectivity index (χ1) is 4.20. The second-order valence-corrected chi connectivity index (χ2v) is 3.07. The van der Waals surface area contributed by atoms with Crippen LogP contribution in [0.3, 0.4) is 0 Å². The van der Waals surface area contributed by atoms with Crippen LogP contribution in [-0.4, -0.2) is 25.0 Å². The first kappa shape index (κ1) is 6.81. The fraction of sp³-hybridized carbons (Fsp3) is 0.750. The van der Waals surface area contributed by atoms with Gasteiger partial charge in [-0.05, 0) is 19.9 Å². The van der Waals surface area contributed by atoms with Gasteiger partial charge < -0.3 is 4.90 Å². The van der Waals surface area contributed by atoms with Crippen LogP contribution in [0.2, 0.25) is 0 Å². The van der Waals surface area contributed by atoms with Crippen molar-refractivity contribution in [3.8, 4) is 0 Å². The Labute approximate surface area is 57.4 Å². The summed E-state index contributed by atoms with van der Waals surface area (Å²) in [4.78, 5) is 2.34. The third-order valence-electron chi connectivity index (χ3n) is 2.09. The molecule has 1 heterocycles. The largest absolute Gasteiger partial charge is 0.302 e. The summed E-state index contributed by atoms with van der Waals surface area (Å²) in [6.07, 6.45) is 2.31. The van der Waals surface area contributed by atoms with E-state index in [1.54, 1.807) is 5.57 Å². The van der Waals surface area contributed by atoms with E-state index in [2.05, 4.69) is 31.9 Å². The van der Waals surface area contributed by atoms with Crippen molar-refractivity contribution in [1.82, 2.24) is 4.90 Å². The van der Waals surface area contributed by atoms with Crippen LogP contribution in [0.5, 0.6) is 0 Å². The van der Waals surface area contributed by atoms with Crippen molar-refractivity contribution < 1.29 is 0 Å². The molecule has 1 heteroatoms. The van der Waals surface area contributed by atoms with Crippen molar-refractivity contribution in [3.05, 3.63) is 11.6 Å². The van der Waals surface area contributed by atoms with Gasteiger partial charge in [-0.3, -0.25) is 0 Å². The zero-order valence-corrected chi connectivity index (χ0v) is 6.52. The highest BCUT2D eigenvalue weighted by Gasteiger charge is 2.11. The maximum absolute atomic E-state index is 2.34. The molecule has 1 aliphatic heterocycles. The van der Waals surface area contributed by atoms with Gasteiger partial charge in [0.25, 0.3) is 0 Å². The highest BCUT2D eigenvalue weighted by Crippen LogP contribution is 2.14. The fourth-order valence-corrected chi connectivity index (χ4v) is 1.19. The molecule has 1 nitrogen and oxygen atoms in total. The molecule has 0 bridgehead atoms. The van der Waals surface area contributed by atoms with Gasteiger partial charge in [-0.25, -0.2) is 0 Å². The maximum Gasteiger partial charge on any atom is 0.0163 e. The normalized spacial score (nSPS) is 30.1. The van der Waals surface area contributed by atoms with Crippen molar-refractivity contribution in [1.29, 1.82) is 0 Å². The molecule has 0 radical (unpaired) electrons. The van der Waals surface area contributed by atoms with Crippen LogP contribution >= 0.6 is 0 Å². The van der Waals surface area contributed by atoms with Crippen LogP contribution in [0.15, 0.2) is 11.6 Å². The molecule has 0 spiro atoms. The summed E-state index contributed by atoms with van der Waals surface area (Å²) in [6, 6.07) is 0. The molecule has 0 aromatic heterocycles. The second-order valence-electron chi connectivity index (χ2n) is 3.07. The fourth-order valence-electron chi connectivity index (χ4n) is 1.19. The minimum absolute atomic E-state index is 0.767. The van der Waals surface area contributed by atoms with Crippen molar-refractivity contribution in [2.45, 2.75) is 13.8 Å². The molecule has 1 rings (SSSR count). The highest BCUT2D eigenvalue weighted by atomic mass is 15.1. The van der Waals surface area contributed by atoms with E-state index in [0.29, 0.717) is 0 Å². The van der Waals surface area contributed by atoms with E-state index in [4.69, 9.17) is 0 Å². The van der Waals surface area contributed by atoms with Crippen LogP contribution in [0.4, 0.5) is 0 Å². The molecule has 9 heavy (non-hydrogen) atoms. The summed E-state index contributed by atoms with van der Waals surface area (Å²) in [7, 11) is 2.17. The number of rotatable bonds is 0. The first-order valence-corrected chi connectivity index (χ1v) is 3.55. The summed E-state index contributed by atoms with van der Waals surface area (Å²) in [6.45, 7) is 6.86. The number of hydrogen-bond donors (Lipinski definition) is 0. The third kappa shape index (κ3) is 1.55. The molecule has 1 aliphatic rings. The number of hydrogen-bond acceptors (Lipinski definition) is 1. The molecule has 0 saturated heterocycles. The van der Waals surface area contributed by atoms with Crippen LogP contribution in [0.25, 0.3) is 0 Å². The Bertz CT molecular complexity index is 127. The molecule has 0 saturated carbocycles. The van der Waals surface area contributed by atoms with E-state index >= 15 is 0 Å². The van der Waals surface area contributed by atoms with E-state index in [1.807, 2.05) is 0 Å². The monoisotopic (exact) mass is 125 g/mol. The molecular formula is C8H15N. The molecule has 0 aromatic rings. The Hall–Kier alpha value is -0.300. The summed E-state index contributed by atoms with van der Waals surface area (Å²) >= 11 is 0. The molecule has 0 N–H and O–H groups in total. The summed E-state index contributed by atoms with van der Waals surface area (Å²) in [5, 5.41) is 0. The molecule has 0 aromatic carbocycles. The topological polar surface area (TPSA) is 3.24 Å². The quantitative estimate of drug-likeness (QED) is 0.444. The van der Waals surface area contributed by atoms with Gasteiger partial charge in [-0.1, -0.05) is 18.6 Å². The Balaban J connectivity index is 2.56. The minimum Gasteiger partial charge on any atom is -0.302 e. The molecule has 0 aliphatic carbocycles. The first-order valence-electron chi connectivity index (χ1n) is 3.55. The van der Waals surface area contributed by atoms with E-state index in [0.717, 1.165) is 12.5 Å². The van der Waals surface area contributed by atoms with Gasteiger partial charge >= 0.3 is 0 Å². The highest BCUT2D eigenvalue weighted by molar-refractivity contribution is 5.07. The average molecular weight is 125 g/mol. The van der Waals surface area contributed by atoms with Gasteiger partial charge in [0.15, 0.2) is 0 Å². The molecule has 52 valence electrons. The van der Waals surface area contributed by atoms with E-state index in [9.17, 15) is 0 Å². The predicted molar refractivity (Wildman–Crippen MR) is 40.4 cm³/mol. The van der Waals surface area contributed by atoms with Crippen molar-refractivity contribution >= 4 is 0 Å². The minimum atomic E-state index is 0.767.